The van der Waals surface area contributed by atoms with Gasteiger partial charge in [0.2, 0.25) is 0 Å². The van der Waals surface area contributed by atoms with Gasteiger partial charge in [0.05, 0.1) is 17.8 Å². The molecule has 1 aliphatic rings. The number of anilines is 1. The highest BCUT2D eigenvalue weighted by Gasteiger charge is 2.37. The van der Waals surface area contributed by atoms with Gasteiger partial charge in [-0.05, 0) is 48.4 Å². The number of nitrogens with one attached hydrogen (secondary N) is 1. The van der Waals surface area contributed by atoms with E-state index in [1.54, 1.807) is 37.3 Å². The molecular formula is C19H14Cl2N2O4. The summed E-state index contributed by atoms with van der Waals surface area (Å²) in [7, 11) is 1.48. The van der Waals surface area contributed by atoms with Crippen LogP contribution in [0.15, 0.2) is 42.0 Å². The highest BCUT2D eigenvalue weighted by molar-refractivity contribution is 6.39. The predicted octanol–water partition coefficient (Wildman–Crippen LogP) is 3.98. The van der Waals surface area contributed by atoms with E-state index in [0.29, 0.717) is 21.4 Å². The Bertz CT molecular complexity index is 1000. The number of halogens is 2. The van der Waals surface area contributed by atoms with E-state index in [2.05, 4.69) is 5.32 Å². The van der Waals surface area contributed by atoms with Crippen LogP contribution in [0.4, 0.5) is 10.5 Å². The summed E-state index contributed by atoms with van der Waals surface area (Å²) in [6, 6.07) is 8.72. The molecule has 0 aromatic heterocycles. The fraction of sp³-hybridized carbons (Fsp3) is 0.105. The molecule has 0 atom stereocenters. The van der Waals surface area contributed by atoms with E-state index < -0.39 is 17.8 Å². The van der Waals surface area contributed by atoms with Gasteiger partial charge in [-0.3, -0.25) is 14.9 Å². The lowest BCUT2D eigenvalue weighted by molar-refractivity contribution is -0.122. The number of carbonyl (C=O) groups is 3. The van der Waals surface area contributed by atoms with E-state index in [1.807, 2.05) is 0 Å². The maximum atomic E-state index is 12.8. The first kappa shape index (κ1) is 18.9. The summed E-state index contributed by atoms with van der Waals surface area (Å²) in [6.07, 6.45) is 1.36. The monoisotopic (exact) mass is 404 g/mol. The third-order valence-electron chi connectivity index (χ3n) is 4.00. The molecule has 27 heavy (non-hydrogen) atoms. The van der Waals surface area contributed by atoms with Gasteiger partial charge in [0.25, 0.3) is 11.8 Å². The first-order valence-electron chi connectivity index (χ1n) is 7.83. The Morgan fingerprint density at radius 3 is 2.41 bits per heavy atom. The maximum absolute atomic E-state index is 12.8. The molecule has 1 fully saturated rings. The topological polar surface area (TPSA) is 75.7 Å². The number of ether oxygens (including phenoxy) is 1. The summed E-state index contributed by atoms with van der Waals surface area (Å²) in [5, 5.41) is 2.89. The number of nitrogens with zero attached hydrogens (tertiary/aromatic N) is 1. The number of rotatable bonds is 3. The molecule has 138 valence electrons. The minimum Gasteiger partial charge on any atom is -0.495 e. The number of amides is 4. The molecule has 1 N–H and O–H groups in total. The van der Waals surface area contributed by atoms with E-state index in [-0.39, 0.29) is 11.3 Å². The SMILES string of the molecule is COc1ccc(/C=C2\C(=O)NC(=O)N(c3ccc(C)c(Cl)c3)C2=O)cc1Cl. The summed E-state index contributed by atoms with van der Waals surface area (Å²) in [6.45, 7) is 1.80. The van der Waals surface area contributed by atoms with E-state index in [0.717, 1.165) is 10.5 Å². The fourth-order valence-electron chi connectivity index (χ4n) is 2.55. The van der Waals surface area contributed by atoms with Crippen molar-refractivity contribution in [3.05, 3.63) is 63.1 Å². The second-order valence-corrected chi connectivity index (χ2v) is 6.60. The third-order valence-corrected chi connectivity index (χ3v) is 4.70. The Morgan fingerprint density at radius 2 is 1.78 bits per heavy atom. The van der Waals surface area contributed by atoms with Crippen LogP contribution < -0.4 is 15.0 Å². The number of aryl methyl sites for hydroxylation is 1. The zero-order valence-electron chi connectivity index (χ0n) is 14.4. The molecule has 2 aromatic carbocycles. The minimum absolute atomic E-state index is 0.201. The summed E-state index contributed by atoms with van der Waals surface area (Å²) in [5.74, 6) is -1.08. The van der Waals surface area contributed by atoms with Gasteiger partial charge >= 0.3 is 6.03 Å². The van der Waals surface area contributed by atoms with Crippen LogP contribution in [-0.2, 0) is 9.59 Å². The zero-order valence-corrected chi connectivity index (χ0v) is 15.9. The van der Waals surface area contributed by atoms with Gasteiger partial charge in [0.1, 0.15) is 11.3 Å². The summed E-state index contributed by atoms with van der Waals surface area (Å²) >= 11 is 12.2. The quantitative estimate of drug-likeness (QED) is 0.619. The average molecular weight is 405 g/mol. The van der Waals surface area contributed by atoms with Crippen LogP contribution in [0.25, 0.3) is 6.08 Å². The van der Waals surface area contributed by atoms with E-state index in [9.17, 15) is 14.4 Å². The van der Waals surface area contributed by atoms with Crippen molar-refractivity contribution < 1.29 is 19.1 Å². The van der Waals surface area contributed by atoms with Crippen molar-refractivity contribution >= 4 is 52.8 Å². The van der Waals surface area contributed by atoms with E-state index in [1.165, 1.54) is 19.3 Å². The molecule has 1 aliphatic heterocycles. The lowest BCUT2D eigenvalue weighted by Gasteiger charge is -2.26. The van der Waals surface area contributed by atoms with E-state index in [4.69, 9.17) is 27.9 Å². The van der Waals surface area contributed by atoms with Crippen molar-refractivity contribution in [3.8, 4) is 5.75 Å². The number of methoxy groups -OCH3 is 1. The largest absolute Gasteiger partial charge is 0.495 e. The highest BCUT2D eigenvalue weighted by Crippen LogP contribution is 2.28. The van der Waals surface area contributed by atoms with Crippen LogP contribution in [0.2, 0.25) is 10.0 Å². The second-order valence-electron chi connectivity index (χ2n) is 5.79. The van der Waals surface area contributed by atoms with Crippen molar-refractivity contribution in [2.75, 3.05) is 12.0 Å². The molecule has 2 aromatic rings. The van der Waals surface area contributed by atoms with Gasteiger partial charge in [-0.1, -0.05) is 35.3 Å². The maximum Gasteiger partial charge on any atom is 0.335 e. The standard InChI is InChI=1S/C19H14Cl2N2O4/c1-10-3-5-12(9-14(10)20)23-18(25)13(17(24)22-19(23)26)7-11-4-6-16(27-2)15(21)8-11/h3-9H,1-2H3,(H,22,24,26)/b13-7+. The molecule has 0 radical (unpaired) electrons. The molecule has 0 bridgehead atoms. The summed E-state index contributed by atoms with van der Waals surface area (Å²) in [5.41, 5.74) is 1.37. The first-order chi connectivity index (χ1) is 12.8. The molecule has 0 saturated carbocycles. The number of hydrogen-bond acceptors (Lipinski definition) is 4. The van der Waals surface area contributed by atoms with Crippen LogP contribution in [0.3, 0.4) is 0 Å². The normalized spacial score (nSPS) is 15.9. The molecule has 8 heteroatoms. The number of hydrogen-bond donors (Lipinski definition) is 1. The molecule has 1 heterocycles. The molecular weight excluding hydrogens is 391 g/mol. The smallest absolute Gasteiger partial charge is 0.335 e. The van der Waals surface area contributed by atoms with Gasteiger partial charge in [-0.15, -0.1) is 0 Å². The summed E-state index contributed by atoms with van der Waals surface area (Å²) < 4.78 is 5.08. The number of benzene rings is 2. The van der Waals surface area contributed by atoms with Gasteiger partial charge in [0, 0.05) is 5.02 Å². The predicted molar refractivity (Wildman–Crippen MR) is 103 cm³/mol. The Morgan fingerprint density at radius 1 is 1.04 bits per heavy atom. The molecule has 0 aliphatic carbocycles. The Hall–Kier alpha value is -2.83. The number of urea groups is 1. The van der Waals surface area contributed by atoms with Gasteiger partial charge < -0.3 is 4.74 Å². The van der Waals surface area contributed by atoms with Crippen molar-refractivity contribution in [2.24, 2.45) is 0 Å². The molecule has 4 amide bonds. The van der Waals surface area contributed by atoms with Crippen molar-refractivity contribution in [1.29, 1.82) is 0 Å². The number of carbonyl (C=O) groups excluding carboxylic acids is 3. The van der Waals surface area contributed by atoms with E-state index >= 15 is 0 Å². The first-order valence-corrected chi connectivity index (χ1v) is 8.58. The van der Waals surface area contributed by atoms with Crippen LogP contribution in [0.5, 0.6) is 5.75 Å². The van der Waals surface area contributed by atoms with Crippen molar-refractivity contribution in [1.82, 2.24) is 5.32 Å². The zero-order chi connectivity index (χ0) is 19.7. The second kappa shape index (κ2) is 7.42. The highest BCUT2D eigenvalue weighted by atomic mass is 35.5. The minimum atomic E-state index is -0.838. The Labute approximate surface area is 165 Å². The molecule has 0 spiro atoms. The molecule has 3 rings (SSSR count). The van der Waals surface area contributed by atoms with Crippen molar-refractivity contribution in [3.63, 3.8) is 0 Å². The van der Waals surface area contributed by atoms with Gasteiger partial charge in [-0.25, -0.2) is 9.69 Å². The number of imide groups is 2. The molecule has 6 nitrogen and oxygen atoms in total. The summed E-state index contributed by atoms with van der Waals surface area (Å²) in [4.78, 5) is 38.1. The lowest BCUT2D eigenvalue weighted by Crippen LogP contribution is -2.54. The van der Waals surface area contributed by atoms with Crippen LogP contribution in [0.1, 0.15) is 11.1 Å². The van der Waals surface area contributed by atoms with Crippen LogP contribution in [0, 0.1) is 6.92 Å². The fourth-order valence-corrected chi connectivity index (χ4v) is 2.99. The molecule has 0 unspecified atom stereocenters. The Balaban J connectivity index is 2.01. The third kappa shape index (κ3) is 3.67. The van der Waals surface area contributed by atoms with Crippen molar-refractivity contribution in [2.45, 2.75) is 6.92 Å². The number of barbiturate groups is 1. The van der Waals surface area contributed by atoms with Gasteiger partial charge in [0.15, 0.2) is 0 Å². The van der Waals surface area contributed by atoms with Crippen LogP contribution >= 0.6 is 23.2 Å². The molecule has 1 saturated heterocycles. The Kier molecular flexibility index (Phi) is 5.21. The lowest BCUT2D eigenvalue weighted by atomic mass is 10.1. The average Bonchev–Trinajstić information content (AvgIpc) is 2.61. The van der Waals surface area contributed by atoms with Crippen LogP contribution in [-0.4, -0.2) is 25.0 Å². The van der Waals surface area contributed by atoms with Gasteiger partial charge in [-0.2, -0.15) is 0 Å².